The van der Waals surface area contributed by atoms with Crippen molar-refractivity contribution in [2.75, 3.05) is 19.8 Å². The largest absolute Gasteiger partial charge is 0.381 e. The van der Waals surface area contributed by atoms with Crippen molar-refractivity contribution in [3.63, 3.8) is 0 Å². The van der Waals surface area contributed by atoms with Crippen LogP contribution in [0.3, 0.4) is 0 Å². The van der Waals surface area contributed by atoms with E-state index in [0.29, 0.717) is 37.9 Å². The molecule has 26 heavy (non-hydrogen) atoms. The van der Waals surface area contributed by atoms with Crippen molar-refractivity contribution < 1.29 is 13.9 Å². The molecule has 4 nitrogen and oxygen atoms in total. The quantitative estimate of drug-likeness (QED) is 0.815. The highest BCUT2D eigenvalue weighted by Crippen LogP contribution is 2.38. The van der Waals surface area contributed by atoms with Gasteiger partial charge in [-0.15, -0.1) is 0 Å². The molecular weight excluding hydrogens is 331 g/mol. The van der Waals surface area contributed by atoms with Crippen molar-refractivity contribution in [2.45, 2.75) is 63.3 Å². The molecule has 1 aromatic rings. The minimum atomic E-state index is -0.583. The van der Waals surface area contributed by atoms with Crippen LogP contribution >= 0.6 is 0 Å². The molecule has 0 atom stereocenters. The van der Waals surface area contributed by atoms with Gasteiger partial charge in [-0.1, -0.05) is 6.07 Å². The number of aryl methyl sites for hydroxylation is 1. The van der Waals surface area contributed by atoms with Crippen LogP contribution in [-0.2, 0) is 9.53 Å². The van der Waals surface area contributed by atoms with E-state index in [1.54, 1.807) is 12.1 Å². The van der Waals surface area contributed by atoms with Crippen LogP contribution in [0.4, 0.5) is 4.39 Å². The Morgan fingerprint density at radius 2 is 1.96 bits per heavy atom. The Morgan fingerprint density at radius 1 is 1.27 bits per heavy atom. The lowest BCUT2D eigenvalue weighted by Crippen LogP contribution is -2.58. The van der Waals surface area contributed by atoms with Crippen LogP contribution in [0.15, 0.2) is 18.2 Å². The van der Waals surface area contributed by atoms with Crippen LogP contribution in [0.1, 0.15) is 62.0 Å². The van der Waals surface area contributed by atoms with Crippen LogP contribution in [0.2, 0.25) is 0 Å². The number of carbonyl (C=O) groups excluding carboxylic acids is 1. The average Bonchev–Trinajstić information content (AvgIpc) is 2.63. The maximum atomic E-state index is 13.3. The fourth-order valence-corrected chi connectivity index (χ4v) is 4.61. The summed E-state index contributed by atoms with van der Waals surface area (Å²) in [5, 5.41) is 3.44. The van der Waals surface area contributed by atoms with Gasteiger partial charge in [0.2, 0.25) is 5.91 Å². The Hall–Kier alpha value is -1.46. The summed E-state index contributed by atoms with van der Waals surface area (Å²) in [6.45, 7) is 4.02. The van der Waals surface area contributed by atoms with E-state index < -0.39 is 5.54 Å². The first-order valence-corrected chi connectivity index (χ1v) is 9.89. The summed E-state index contributed by atoms with van der Waals surface area (Å²) in [7, 11) is 0. The molecule has 3 N–H and O–H groups in total. The topological polar surface area (TPSA) is 64.3 Å². The van der Waals surface area contributed by atoms with E-state index in [1.165, 1.54) is 18.4 Å². The number of hydrogen-bond donors (Lipinski definition) is 2. The normalized spacial score (nSPS) is 25.8. The van der Waals surface area contributed by atoms with Gasteiger partial charge in [0, 0.05) is 13.2 Å². The standard InChI is InChI=1S/C21H31FN2O2/c1-15-14-18(22)6-7-19(15)17-4-2-16(3-5-17)8-11-24-21(20(23)25)9-12-26-13-10-21/h6-7,14,16-17,24H,2-5,8-13H2,1H3,(H2,23,25)/t16-,17+. The molecule has 0 spiro atoms. The molecule has 1 amide bonds. The van der Waals surface area contributed by atoms with Gasteiger partial charge in [0.1, 0.15) is 11.4 Å². The zero-order valence-electron chi connectivity index (χ0n) is 15.7. The van der Waals surface area contributed by atoms with E-state index in [1.807, 2.05) is 13.0 Å². The minimum absolute atomic E-state index is 0.150. The third-order valence-electron chi connectivity index (χ3n) is 6.35. The number of benzene rings is 1. The second-order valence-corrected chi connectivity index (χ2v) is 7.99. The van der Waals surface area contributed by atoms with E-state index in [-0.39, 0.29) is 11.7 Å². The Labute approximate surface area is 155 Å². The zero-order valence-corrected chi connectivity index (χ0v) is 15.7. The van der Waals surface area contributed by atoms with Crippen LogP contribution in [-0.4, -0.2) is 31.2 Å². The third kappa shape index (κ3) is 4.44. The molecule has 1 aromatic carbocycles. The number of hydrogen-bond acceptors (Lipinski definition) is 3. The van der Waals surface area contributed by atoms with Crippen LogP contribution < -0.4 is 11.1 Å². The lowest BCUT2D eigenvalue weighted by molar-refractivity contribution is -0.128. The molecular formula is C21H31FN2O2. The Balaban J connectivity index is 1.46. The van der Waals surface area contributed by atoms with Gasteiger partial charge in [-0.2, -0.15) is 0 Å². The molecule has 1 saturated carbocycles. The fraction of sp³-hybridized carbons (Fsp3) is 0.667. The Morgan fingerprint density at radius 3 is 2.58 bits per heavy atom. The van der Waals surface area contributed by atoms with Gasteiger partial charge < -0.3 is 15.8 Å². The number of rotatable bonds is 6. The monoisotopic (exact) mass is 362 g/mol. The summed E-state index contributed by atoms with van der Waals surface area (Å²) < 4.78 is 18.7. The van der Waals surface area contributed by atoms with Gasteiger partial charge in [0.05, 0.1) is 0 Å². The van der Waals surface area contributed by atoms with E-state index in [4.69, 9.17) is 10.5 Å². The highest BCUT2D eigenvalue weighted by Gasteiger charge is 2.38. The SMILES string of the molecule is Cc1cc(F)ccc1[C@H]1CC[C@@H](CCNC2(C(N)=O)CCOCC2)CC1. The molecule has 3 rings (SSSR count). The predicted octanol–water partition coefficient (Wildman–Crippen LogP) is 3.42. The lowest BCUT2D eigenvalue weighted by atomic mass is 9.76. The van der Waals surface area contributed by atoms with Gasteiger partial charge in [0.25, 0.3) is 0 Å². The minimum Gasteiger partial charge on any atom is -0.381 e. The second kappa shape index (κ2) is 8.49. The number of nitrogens with one attached hydrogen (secondary N) is 1. The molecule has 1 saturated heterocycles. The number of halogens is 1. The predicted molar refractivity (Wildman–Crippen MR) is 100 cm³/mol. The summed E-state index contributed by atoms with van der Waals surface area (Å²) in [5.74, 6) is 0.829. The second-order valence-electron chi connectivity index (χ2n) is 7.99. The zero-order chi connectivity index (χ0) is 18.6. The van der Waals surface area contributed by atoms with Crippen molar-refractivity contribution in [1.82, 2.24) is 5.32 Å². The molecule has 0 radical (unpaired) electrons. The number of primary amides is 1. The van der Waals surface area contributed by atoms with E-state index in [0.717, 1.165) is 31.4 Å². The Bertz CT molecular complexity index is 620. The highest BCUT2D eigenvalue weighted by molar-refractivity contribution is 5.84. The molecule has 1 aliphatic heterocycles. The van der Waals surface area contributed by atoms with E-state index >= 15 is 0 Å². The van der Waals surface area contributed by atoms with Crippen molar-refractivity contribution in [1.29, 1.82) is 0 Å². The van der Waals surface area contributed by atoms with Crippen LogP contribution in [0, 0.1) is 18.7 Å². The van der Waals surface area contributed by atoms with Crippen LogP contribution in [0.5, 0.6) is 0 Å². The van der Waals surface area contributed by atoms with Crippen LogP contribution in [0.25, 0.3) is 0 Å². The molecule has 2 aliphatic rings. The first-order valence-electron chi connectivity index (χ1n) is 9.89. The molecule has 1 heterocycles. The Kier molecular flexibility index (Phi) is 6.30. The average molecular weight is 362 g/mol. The summed E-state index contributed by atoms with van der Waals surface area (Å²) in [6, 6.07) is 5.18. The summed E-state index contributed by atoms with van der Waals surface area (Å²) in [6.07, 6.45) is 7.10. The lowest BCUT2D eigenvalue weighted by Gasteiger charge is -2.36. The van der Waals surface area contributed by atoms with Gasteiger partial charge in [-0.3, -0.25) is 4.79 Å². The van der Waals surface area contributed by atoms with Crippen molar-refractivity contribution in [3.8, 4) is 0 Å². The van der Waals surface area contributed by atoms with E-state index in [9.17, 15) is 9.18 Å². The van der Waals surface area contributed by atoms with Crippen molar-refractivity contribution >= 4 is 5.91 Å². The molecule has 144 valence electrons. The van der Waals surface area contributed by atoms with Crippen molar-refractivity contribution in [3.05, 3.63) is 35.1 Å². The highest BCUT2D eigenvalue weighted by atomic mass is 19.1. The van der Waals surface area contributed by atoms with Crippen molar-refractivity contribution in [2.24, 2.45) is 11.7 Å². The molecule has 5 heteroatoms. The van der Waals surface area contributed by atoms with Gasteiger partial charge >= 0.3 is 0 Å². The summed E-state index contributed by atoms with van der Waals surface area (Å²) >= 11 is 0. The summed E-state index contributed by atoms with van der Waals surface area (Å²) in [5.41, 5.74) is 7.43. The maximum Gasteiger partial charge on any atom is 0.237 e. The molecule has 0 bridgehead atoms. The summed E-state index contributed by atoms with van der Waals surface area (Å²) in [4.78, 5) is 11.9. The first-order chi connectivity index (χ1) is 12.5. The number of nitrogens with two attached hydrogens (primary N) is 1. The maximum absolute atomic E-state index is 13.3. The molecule has 1 aliphatic carbocycles. The van der Waals surface area contributed by atoms with Gasteiger partial charge in [0.15, 0.2) is 0 Å². The van der Waals surface area contributed by atoms with Gasteiger partial charge in [-0.05, 0) is 93.5 Å². The number of ether oxygens (including phenoxy) is 1. The number of carbonyl (C=O) groups is 1. The molecule has 0 aromatic heterocycles. The fourth-order valence-electron chi connectivity index (χ4n) is 4.61. The third-order valence-corrected chi connectivity index (χ3v) is 6.35. The first kappa shape index (κ1) is 19.3. The van der Waals surface area contributed by atoms with E-state index in [2.05, 4.69) is 5.32 Å². The smallest absolute Gasteiger partial charge is 0.237 e. The number of amides is 1. The molecule has 0 unspecified atom stereocenters. The van der Waals surface area contributed by atoms with Gasteiger partial charge in [-0.25, -0.2) is 4.39 Å². The molecule has 2 fully saturated rings.